The van der Waals surface area contributed by atoms with Crippen molar-refractivity contribution >= 4 is 0 Å². The van der Waals surface area contributed by atoms with Crippen molar-refractivity contribution in [3.05, 3.63) is 0 Å². The zero-order valence-electron chi connectivity index (χ0n) is 9.40. The van der Waals surface area contributed by atoms with Gasteiger partial charge < -0.3 is 10.5 Å². The number of hydrogen-bond acceptors (Lipinski definition) is 3. The lowest BCUT2D eigenvalue weighted by atomic mass is 9.90. The fourth-order valence-electron chi connectivity index (χ4n) is 3.41. The number of nitrogens with zero attached hydrogens (tertiary/aromatic N) is 1. The first-order valence-electron chi connectivity index (χ1n) is 6.46. The zero-order valence-corrected chi connectivity index (χ0v) is 9.40. The Hall–Kier alpha value is -0.120. The Labute approximate surface area is 91.9 Å². The highest BCUT2D eigenvalue weighted by Gasteiger charge is 2.37. The number of rotatable bonds is 1. The summed E-state index contributed by atoms with van der Waals surface area (Å²) in [5, 5.41) is 0. The van der Waals surface area contributed by atoms with Gasteiger partial charge in [-0.15, -0.1) is 0 Å². The minimum atomic E-state index is 0.471. The Balaban J connectivity index is 1.58. The van der Waals surface area contributed by atoms with E-state index in [1.54, 1.807) is 0 Å². The van der Waals surface area contributed by atoms with Crippen molar-refractivity contribution in [2.45, 2.75) is 62.8 Å². The summed E-state index contributed by atoms with van der Waals surface area (Å²) >= 11 is 0. The van der Waals surface area contributed by atoms with E-state index in [-0.39, 0.29) is 0 Å². The minimum absolute atomic E-state index is 0.471. The number of ether oxygens (including phenoxy) is 1. The molecule has 0 aromatic rings. The van der Waals surface area contributed by atoms with Crippen LogP contribution >= 0.6 is 0 Å². The van der Waals surface area contributed by atoms with Crippen molar-refractivity contribution in [1.29, 1.82) is 0 Å². The smallest absolute Gasteiger partial charge is 0.0707 e. The maximum atomic E-state index is 5.95. The number of hydrogen-bond donors (Lipinski definition) is 1. The lowest BCUT2D eigenvalue weighted by Gasteiger charge is -2.40. The molecule has 2 heterocycles. The Morgan fingerprint density at radius 3 is 2.07 bits per heavy atom. The summed E-state index contributed by atoms with van der Waals surface area (Å²) in [7, 11) is 0. The molecule has 2 aliphatic heterocycles. The summed E-state index contributed by atoms with van der Waals surface area (Å²) in [6.07, 6.45) is 8.70. The van der Waals surface area contributed by atoms with E-state index < -0.39 is 0 Å². The Bertz CT molecular complexity index is 214. The van der Waals surface area contributed by atoms with Crippen LogP contribution in [0.1, 0.15) is 38.5 Å². The van der Waals surface area contributed by atoms with E-state index in [0.717, 1.165) is 6.04 Å². The molecule has 0 aromatic carbocycles. The molecule has 3 fully saturated rings. The first-order chi connectivity index (χ1) is 7.31. The maximum absolute atomic E-state index is 5.95. The lowest BCUT2D eigenvalue weighted by molar-refractivity contribution is -0.0577. The van der Waals surface area contributed by atoms with E-state index in [9.17, 15) is 0 Å². The molecule has 0 aromatic heterocycles. The van der Waals surface area contributed by atoms with Crippen LogP contribution in [0.15, 0.2) is 0 Å². The Morgan fingerprint density at radius 1 is 0.867 bits per heavy atom. The van der Waals surface area contributed by atoms with Crippen molar-refractivity contribution in [2.75, 3.05) is 13.1 Å². The third-order valence-corrected chi connectivity index (χ3v) is 4.33. The van der Waals surface area contributed by atoms with Crippen LogP contribution in [0.25, 0.3) is 0 Å². The fraction of sp³-hybridized carbons (Fsp3) is 1.00. The molecule has 3 nitrogen and oxygen atoms in total. The van der Waals surface area contributed by atoms with Gasteiger partial charge in [-0.2, -0.15) is 0 Å². The van der Waals surface area contributed by atoms with Gasteiger partial charge in [0, 0.05) is 25.2 Å². The lowest BCUT2D eigenvalue weighted by Crippen LogP contribution is -2.49. The molecule has 3 heteroatoms. The van der Waals surface area contributed by atoms with Crippen LogP contribution in [0.3, 0.4) is 0 Å². The number of likely N-dealkylation sites (tertiary alicyclic amines) is 1. The van der Waals surface area contributed by atoms with Crippen LogP contribution in [0, 0.1) is 0 Å². The van der Waals surface area contributed by atoms with Gasteiger partial charge in [0.05, 0.1) is 12.2 Å². The summed E-state index contributed by atoms with van der Waals surface area (Å²) < 4.78 is 5.87. The van der Waals surface area contributed by atoms with E-state index in [2.05, 4.69) is 4.90 Å². The molecule has 3 rings (SSSR count). The van der Waals surface area contributed by atoms with Gasteiger partial charge in [0.1, 0.15) is 0 Å². The Morgan fingerprint density at radius 2 is 1.47 bits per heavy atom. The van der Waals surface area contributed by atoms with Crippen LogP contribution in [0.4, 0.5) is 0 Å². The fourth-order valence-corrected chi connectivity index (χ4v) is 3.41. The maximum Gasteiger partial charge on any atom is 0.0707 e. The predicted molar refractivity (Wildman–Crippen MR) is 59.7 cm³/mol. The molecule has 15 heavy (non-hydrogen) atoms. The number of nitrogens with two attached hydrogens (primary N) is 1. The highest BCUT2D eigenvalue weighted by Crippen LogP contribution is 2.31. The monoisotopic (exact) mass is 210 g/mol. The highest BCUT2D eigenvalue weighted by molar-refractivity contribution is 4.90. The molecule has 0 unspecified atom stereocenters. The van der Waals surface area contributed by atoms with Crippen LogP contribution in [-0.2, 0) is 4.74 Å². The van der Waals surface area contributed by atoms with Crippen LogP contribution in [0.2, 0.25) is 0 Å². The largest absolute Gasteiger partial charge is 0.372 e. The predicted octanol–water partition coefficient (Wildman–Crippen LogP) is 1.12. The summed E-state index contributed by atoms with van der Waals surface area (Å²) in [5.74, 6) is 0. The van der Waals surface area contributed by atoms with Gasteiger partial charge in [0.25, 0.3) is 0 Å². The van der Waals surface area contributed by atoms with Crippen LogP contribution in [0.5, 0.6) is 0 Å². The molecular weight excluding hydrogens is 188 g/mol. The van der Waals surface area contributed by atoms with E-state index in [4.69, 9.17) is 10.5 Å². The summed E-state index contributed by atoms with van der Waals surface area (Å²) in [6, 6.07) is 1.27. The second-order valence-corrected chi connectivity index (χ2v) is 5.48. The zero-order chi connectivity index (χ0) is 10.3. The highest BCUT2D eigenvalue weighted by atomic mass is 16.5. The van der Waals surface area contributed by atoms with E-state index in [1.807, 2.05) is 0 Å². The Kier molecular flexibility index (Phi) is 2.71. The average molecular weight is 210 g/mol. The normalized spacial score (nSPS) is 47.0. The minimum Gasteiger partial charge on any atom is -0.372 e. The van der Waals surface area contributed by atoms with Gasteiger partial charge in [0.15, 0.2) is 0 Å². The molecule has 0 spiro atoms. The van der Waals surface area contributed by atoms with Crippen molar-refractivity contribution in [2.24, 2.45) is 5.73 Å². The third kappa shape index (κ3) is 2.05. The van der Waals surface area contributed by atoms with Crippen molar-refractivity contribution < 1.29 is 4.74 Å². The molecule has 86 valence electrons. The van der Waals surface area contributed by atoms with Crippen molar-refractivity contribution in [1.82, 2.24) is 4.90 Å². The van der Waals surface area contributed by atoms with Gasteiger partial charge in [-0.25, -0.2) is 0 Å². The third-order valence-electron chi connectivity index (χ3n) is 4.33. The van der Waals surface area contributed by atoms with E-state index in [1.165, 1.54) is 51.6 Å². The average Bonchev–Trinajstić information content (AvgIpc) is 2.59. The standard InChI is InChI=1S/C12H22N2O/c13-9-1-3-10(4-2-9)14-7-11-5-6-12(8-14)15-11/h9-12H,1-8,13H2/t9?,10?,11-,12-/m1/s1. The SMILES string of the molecule is NC1CCC(N2C[C@H]3CC[C@H](C2)O3)CC1. The van der Waals surface area contributed by atoms with Gasteiger partial charge in [-0.3, -0.25) is 4.90 Å². The quantitative estimate of drug-likeness (QED) is 0.705. The number of morpholine rings is 1. The number of fused-ring (bicyclic) bond motifs is 2. The van der Waals surface area contributed by atoms with Crippen LogP contribution in [-0.4, -0.2) is 42.3 Å². The first kappa shape index (κ1) is 10.1. The molecule has 2 bridgehead atoms. The molecule has 1 saturated carbocycles. The molecule has 3 aliphatic rings. The molecule has 2 saturated heterocycles. The summed E-state index contributed by atoms with van der Waals surface area (Å²) in [5.41, 5.74) is 5.95. The van der Waals surface area contributed by atoms with E-state index in [0.29, 0.717) is 18.2 Å². The topological polar surface area (TPSA) is 38.5 Å². The molecule has 2 N–H and O–H groups in total. The van der Waals surface area contributed by atoms with Gasteiger partial charge in [0.2, 0.25) is 0 Å². The molecule has 1 aliphatic carbocycles. The molecular formula is C12H22N2O. The molecule has 2 atom stereocenters. The van der Waals surface area contributed by atoms with E-state index >= 15 is 0 Å². The summed E-state index contributed by atoms with van der Waals surface area (Å²) in [6.45, 7) is 2.35. The first-order valence-corrected chi connectivity index (χ1v) is 6.46. The van der Waals surface area contributed by atoms with Gasteiger partial charge in [-0.05, 0) is 38.5 Å². The second-order valence-electron chi connectivity index (χ2n) is 5.48. The van der Waals surface area contributed by atoms with Gasteiger partial charge >= 0.3 is 0 Å². The van der Waals surface area contributed by atoms with Gasteiger partial charge in [-0.1, -0.05) is 0 Å². The second kappa shape index (κ2) is 4.04. The van der Waals surface area contributed by atoms with Crippen molar-refractivity contribution in [3.63, 3.8) is 0 Å². The molecule has 0 amide bonds. The van der Waals surface area contributed by atoms with Crippen molar-refractivity contribution in [3.8, 4) is 0 Å². The molecule has 0 radical (unpaired) electrons. The van der Waals surface area contributed by atoms with Crippen LogP contribution < -0.4 is 5.73 Å². The summed E-state index contributed by atoms with van der Waals surface area (Å²) in [4.78, 5) is 2.68.